The minimum atomic E-state index is -0.737. The van der Waals surface area contributed by atoms with Crippen LogP contribution in [0.5, 0.6) is 0 Å². The molecule has 1 unspecified atom stereocenters. The van der Waals surface area contributed by atoms with Crippen molar-refractivity contribution in [3.8, 4) is 11.3 Å². The highest BCUT2D eigenvalue weighted by atomic mass is 79.9. The molecule has 1 aliphatic rings. The van der Waals surface area contributed by atoms with E-state index in [0.717, 1.165) is 15.7 Å². The van der Waals surface area contributed by atoms with Crippen LogP contribution in [-0.2, 0) is 4.79 Å². The molecule has 28 heavy (non-hydrogen) atoms. The van der Waals surface area contributed by atoms with Gasteiger partial charge in [0.2, 0.25) is 5.13 Å². The van der Waals surface area contributed by atoms with Crippen molar-refractivity contribution >= 4 is 49.7 Å². The number of anilines is 1. The summed E-state index contributed by atoms with van der Waals surface area (Å²) in [5.74, 6) is -0.252. The van der Waals surface area contributed by atoms with E-state index in [9.17, 15) is 4.79 Å². The second-order valence-corrected chi connectivity index (χ2v) is 8.03. The van der Waals surface area contributed by atoms with Crippen molar-refractivity contribution in [2.24, 2.45) is 15.3 Å². The quantitative estimate of drug-likeness (QED) is 0.471. The molecule has 1 aliphatic heterocycles. The van der Waals surface area contributed by atoms with Crippen molar-refractivity contribution in [1.29, 1.82) is 0 Å². The summed E-state index contributed by atoms with van der Waals surface area (Å²) in [4.78, 5) is 17.4. The number of hydrazone groups is 1. The van der Waals surface area contributed by atoms with Crippen LogP contribution in [0.15, 0.2) is 73.7 Å². The standard InChI is InChI=1S/C20H16BrN5OS/c1-12-7-9-14(10-8-12)17-11-28-20(22-17)26-19(27)18(13(2)25-26)24-23-16-6-4-3-5-15(16)21/h3-11,18H,1-2H3. The molecule has 0 N–H and O–H groups in total. The molecule has 0 saturated heterocycles. The number of hydrogen-bond donors (Lipinski definition) is 0. The summed E-state index contributed by atoms with van der Waals surface area (Å²) in [5, 5.41) is 16.6. The van der Waals surface area contributed by atoms with Crippen molar-refractivity contribution in [3.63, 3.8) is 0 Å². The van der Waals surface area contributed by atoms with Gasteiger partial charge in [0.15, 0.2) is 6.04 Å². The van der Waals surface area contributed by atoms with Crippen molar-refractivity contribution in [2.45, 2.75) is 19.9 Å². The molecule has 0 spiro atoms. The van der Waals surface area contributed by atoms with Gasteiger partial charge in [0.05, 0.1) is 17.1 Å². The minimum Gasteiger partial charge on any atom is -0.269 e. The fourth-order valence-electron chi connectivity index (χ4n) is 2.70. The molecule has 2 aromatic carbocycles. The van der Waals surface area contributed by atoms with Crippen molar-refractivity contribution in [2.75, 3.05) is 5.01 Å². The molecule has 0 saturated carbocycles. The Labute approximate surface area is 174 Å². The van der Waals surface area contributed by atoms with E-state index in [1.165, 1.54) is 21.9 Å². The summed E-state index contributed by atoms with van der Waals surface area (Å²) in [6.07, 6.45) is 0. The zero-order chi connectivity index (χ0) is 19.7. The Morgan fingerprint density at radius 2 is 1.86 bits per heavy atom. The Bertz CT molecular complexity index is 1090. The third kappa shape index (κ3) is 3.65. The van der Waals surface area contributed by atoms with Crippen LogP contribution in [-0.4, -0.2) is 22.6 Å². The van der Waals surface area contributed by atoms with Gasteiger partial charge in [-0.05, 0) is 41.9 Å². The predicted octanol–water partition coefficient (Wildman–Crippen LogP) is 5.76. The predicted molar refractivity (Wildman–Crippen MR) is 115 cm³/mol. The molecule has 1 atom stereocenters. The van der Waals surface area contributed by atoms with E-state index in [2.05, 4.69) is 36.2 Å². The Kier molecular flexibility index (Phi) is 5.15. The summed E-state index contributed by atoms with van der Waals surface area (Å²) in [5.41, 5.74) is 4.27. The number of carbonyl (C=O) groups is 1. The van der Waals surface area contributed by atoms with Gasteiger partial charge >= 0.3 is 0 Å². The summed E-state index contributed by atoms with van der Waals surface area (Å²) < 4.78 is 0.818. The van der Waals surface area contributed by atoms with Gasteiger partial charge in [-0.3, -0.25) is 4.79 Å². The van der Waals surface area contributed by atoms with Gasteiger partial charge in [-0.1, -0.05) is 42.0 Å². The summed E-state index contributed by atoms with van der Waals surface area (Å²) in [6, 6.07) is 14.8. The summed E-state index contributed by atoms with van der Waals surface area (Å²) in [7, 11) is 0. The van der Waals surface area contributed by atoms with Gasteiger partial charge in [0.25, 0.3) is 5.91 Å². The Hall–Kier alpha value is -2.71. The lowest BCUT2D eigenvalue weighted by molar-refractivity contribution is -0.117. The number of rotatable bonds is 4. The third-order valence-electron chi connectivity index (χ3n) is 4.25. The van der Waals surface area contributed by atoms with Gasteiger partial charge in [-0.15, -0.1) is 11.3 Å². The molecule has 0 aliphatic carbocycles. The molecular formula is C20H16BrN5OS. The topological polar surface area (TPSA) is 70.3 Å². The van der Waals surface area contributed by atoms with Gasteiger partial charge in [-0.2, -0.15) is 20.3 Å². The first kappa shape index (κ1) is 18.6. The SMILES string of the molecule is CC1=NN(c2nc(-c3ccc(C)cc3)cs2)C(=O)C1N=Nc1ccccc1Br. The molecule has 1 amide bonds. The summed E-state index contributed by atoms with van der Waals surface area (Å²) >= 11 is 4.80. The Morgan fingerprint density at radius 1 is 1.11 bits per heavy atom. The van der Waals surface area contributed by atoms with Crippen LogP contribution in [0.1, 0.15) is 12.5 Å². The number of halogens is 1. The fourth-order valence-corrected chi connectivity index (χ4v) is 3.85. The Morgan fingerprint density at radius 3 is 2.61 bits per heavy atom. The largest absolute Gasteiger partial charge is 0.282 e. The monoisotopic (exact) mass is 453 g/mol. The number of hydrogen-bond acceptors (Lipinski definition) is 6. The second-order valence-electron chi connectivity index (χ2n) is 6.34. The molecule has 8 heteroatoms. The van der Waals surface area contributed by atoms with E-state index in [1.54, 1.807) is 6.92 Å². The van der Waals surface area contributed by atoms with E-state index >= 15 is 0 Å². The van der Waals surface area contributed by atoms with Gasteiger partial charge in [-0.25, -0.2) is 4.98 Å². The highest BCUT2D eigenvalue weighted by Crippen LogP contribution is 2.31. The van der Waals surface area contributed by atoms with Gasteiger partial charge < -0.3 is 0 Å². The molecule has 2 heterocycles. The van der Waals surface area contributed by atoms with Gasteiger partial charge in [0, 0.05) is 15.4 Å². The maximum atomic E-state index is 12.8. The number of carbonyl (C=O) groups excluding carboxylic acids is 1. The van der Waals surface area contributed by atoms with Crippen LogP contribution in [0.4, 0.5) is 10.8 Å². The molecule has 4 rings (SSSR count). The first-order valence-corrected chi connectivity index (χ1v) is 10.3. The number of azo groups is 1. The molecule has 0 bridgehead atoms. The van der Waals surface area contributed by atoms with E-state index in [0.29, 0.717) is 16.5 Å². The number of thiazole rings is 1. The number of aromatic nitrogens is 1. The highest BCUT2D eigenvalue weighted by molar-refractivity contribution is 9.10. The molecular weight excluding hydrogens is 438 g/mol. The second kappa shape index (κ2) is 7.73. The number of benzene rings is 2. The van der Waals surface area contributed by atoms with E-state index < -0.39 is 6.04 Å². The first-order valence-electron chi connectivity index (χ1n) is 8.60. The lowest BCUT2D eigenvalue weighted by atomic mass is 10.1. The van der Waals surface area contributed by atoms with Crippen molar-refractivity contribution in [1.82, 2.24) is 4.98 Å². The molecule has 3 aromatic rings. The van der Waals surface area contributed by atoms with Crippen LogP contribution < -0.4 is 5.01 Å². The molecule has 140 valence electrons. The first-order chi connectivity index (χ1) is 13.5. The molecule has 0 fully saturated rings. The van der Waals surface area contributed by atoms with Crippen LogP contribution in [0.25, 0.3) is 11.3 Å². The van der Waals surface area contributed by atoms with Crippen LogP contribution in [0.2, 0.25) is 0 Å². The third-order valence-corrected chi connectivity index (χ3v) is 5.74. The average molecular weight is 454 g/mol. The maximum absolute atomic E-state index is 12.8. The normalized spacial score (nSPS) is 16.8. The van der Waals surface area contributed by atoms with Crippen LogP contribution in [0, 0.1) is 6.92 Å². The Balaban J connectivity index is 1.55. The smallest absolute Gasteiger partial charge is 0.269 e. The lowest BCUT2D eigenvalue weighted by Gasteiger charge is -2.08. The minimum absolute atomic E-state index is 0.252. The highest BCUT2D eigenvalue weighted by Gasteiger charge is 2.36. The number of amides is 1. The molecule has 0 radical (unpaired) electrons. The number of aryl methyl sites for hydroxylation is 1. The lowest BCUT2D eigenvalue weighted by Crippen LogP contribution is -2.29. The van der Waals surface area contributed by atoms with Gasteiger partial charge in [0.1, 0.15) is 0 Å². The maximum Gasteiger partial charge on any atom is 0.282 e. The van der Waals surface area contributed by atoms with E-state index in [1.807, 2.05) is 60.8 Å². The summed E-state index contributed by atoms with van der Waals surface area (Å²) in [6.45, 7) is 3.81. The van der Waals surface area contributed by atoms with Crippen molar-refractivity contribution in [3.05, 3.63) is 63.9 Å². The number of nitrogens with zero attached hydrogens (tertiary/aromatic N) is 5. The molecule has 6 nitrogen and oxygen atoms in total. The van der Waals surface area contributed by atoms with E-state index in [4.69, 9.17) is 0 Å². The zero-order valence-corrected chi connectivity index (χ0v) is 17.6. The molecule has 1 aromatic heterocycles. The van der Waals surface area contributed by atoms with Crippen molar-refractivity contribution < 1.29 is 4.79 Å². The zero-order valence-electron chi connectivity index (χ0n) is 15.2. The van der Waals surface area contributed by atoms with Crippen LogP contribution >= 0.6 is 27.3 Å². The van der Waals surface area contributed by atoms with E-state index in [-0.39, 0.29) is 5.91 Å². The average Bonchev–Trinajstić information content (AvgIpc) is 3.27. The van der Waals surface area contributed by atoms with Crippen LogP contribution in [0.3, 0.4) is 0 Å². The fraction of sp³-hybridized carbons (Fsp3) is 0.150.